The number of benzene rings is 3. The van der Waals surface area contributed by atoms with Gasteiger partial charge in [0.15, 0.2) is 21.6 Å². The van der Waals surface area contributed by atoms with Gasteiger partial charge in [0.2, 0.25) is 5.13 Å². The number of carboxylic acid groups (broad SMARTS) is 1. The first-order valence-electron chi connectivity index (χ1n) is 12.5. The van der Waals surface area contributed by atoms with Gasteiger partial charge in [0.25, 0.3) is 0 Å². The summed E-state index contributed by atoms with van der Waals surface area (Å²) in [6.07, 6.45) is 2.05. The predicted octanol–water partition coefficient (Wildman–Crippen LogP) is 6.04. The van der Waals surface area contributed by atoms with E-state index in [-0.39, 0.29) is 28.7 Å². The van der Waals surface area contributed by atoms with Gasteiger partial charge in [-0.3, -0.25) is 0 Å². The van der Waals surface area contributed by atoms with Crippen LogP contribution < -0.4 is 5.14 Å². The van der Waals surface area contributed by atoms with E-state index in [1.54, 1.807) is 22.9 Å². The average Bonchev–Trinajstić information content (AvgIpc) is 3.53. The lowest BCUT2D eigenvalue weighted by Gasteiger charge is -2.12. The Hall–Kier alpha value is -4.06. The summed E-state index contributed by atoms with van der Waals surface area (Å²) < 4.78 is 42.6. The number of aromatic carboxylic acids is 1. The highest BCUT2D eigenvalue weighted by molar-refractivity contribution is 7.82. The SMILES string of the molecule is N[SH+](=O)c1ccc(Cc2c(C3CC3)nn(-c3nc(C(=O)O)cs3)c2-c2cccc(-c3cccc(F)c3)c2)c(F)c1. The van der Waals surface area contributed by atoms with Crippen molar-refractivity contribution in [2.24, 2.45) is 5.14 Å². The molecular formula is C29H23F2N4O3S2+. The monoisotopic (exact) mass is 577 g/mol. The van der Waals surface area contributed by atoms with Crippen LogP contribution >= 0.6 is 11.3 Å². The molecule has 0 radical (unpaired) electrons. The summed E-state index contributed by atoms with van der Waals surface area (Å²) >= 11 is 1.15. The molecule has 3 aromatic carbocycles. The smallest absolute Gasteiger partial charge is 0.355 e. The number of carboxylic acids is 1. The molecule has 7 nitrogen and oxygen atoms in total. The van der Waals surface area contributed by atoms with Gasteiger partial charge in [-0.1, -0.05) is 40.6 Å². The van der Waals surface area contributed by atoms with Crippen molar-refractivity contribution in [1.29, 1.82) is 0 Å². The quantitative estimate of drug-likeness (QED) is 0.173. The van der Waals surface area contributed by atoms with Gasteiger partial charge in [-0.15, -0.1) is 16.5 Å². The van der Waals surface area contributed by atoms with E-state index in [2.05, 4.69) is 4.98 Å². The molecule has 1 atom stereocenters. The van der Waals surface area contributed by atoms with Gasteiger partial charge in [-0.25, -0.2) is 23.2 Å². The Kier molecular flexibility index (Phi) is 6.87. The lowest BCUT2D eigenvalue weighted by atomic mass is 9.95. The molecule has 1 aliphatic carbocycles. The van der Waals surface area contributed by atoms with Gasteiger partial charge in [-0.2, -0.15) is 5.10 Å². The minimum Gasteiger partial charge on any atom is -0.476 e. The zero-order valence-corrected chi connectivity index (χ0v) is 22.6. The summed E-state index contributed by atoms with van der Waals surface area (Å²) in [5.41, 5.74) is 4.73. The Morgan fingerprint density at radius 1 is 1.05 bits per heavy atom. The second kappa shape index (κ2) is 10.5. The fraction of sp³-hybridized carbons (Fsp3) is 0.138. The highest BCUT2D eigenvalue weighted by atomic mass is 32.2. The third kappa shape index (κ3) is 5.10. The largest absolute Gasteiger partial charge is 0.476 e. The van der Waals surface area contributed by atoms with E-state index in [0.29, 0.717) is 22.0 Å². The normalized spacial score (nSPS) is 13.9. The number of thiazole rings is 1. The van der Waals surface area contributed by atoms with Crippen molar-refractivity contribution < 1.29 is 22.9 Å². The van der Waals surface area contributed by atoms with Gasteiger partial charge >= 0.3 is 5.97 Å². The van der Waals surface area contributed by atoms with Crippen molar-refractivity contribution in [2.75, 3.05) is 0 Å². The Morgan fingerprint density at radius 2 is 1.77 bits per heavy atom. The van der Waals surface area contributed by atoms with Crippen LogP contribution in [0, 0.1) is 11.6 Å². The second-order valence-corrected chi connectivity index (χ2v) is 11.6. The van der Waals surface area contributed by atoms with E-state index in [1.807, 2.05) is 30.3 Å². The van der Waals surface area contributed by atoms with Crippen LogP contribution in [0.1, 0.15) is 46.1 Å². The van der Waals surface area contributed by atoms with Gasteiger partial charge < -0.3 is 5.11 Å². The van der Waals surface area contributed by atoms with Crippen LogP contribution in [-0.2, 0) is 21.6 Å². The zero-order valence-electron chi connectivity index (χ0n) is 20.9. The predicted molar refractivity (Wildman–Crippen MR) is 150 cm³/mol. The third-order valence-electron chi connectivity index (χ3n) is 6.82. The minimum absolute atomic E-state index is 0.0954. The summed E-state index contributed by atoms with van der Waals surface area (Å²) in [6, 6.07) is 18.1. The number of hydrogen-bond acceptors (Lipinski definition) is 5. The standard InChI is InChI=1S/C29H22F2N4O3S2/c30-21-6-2-4-18(12-21)17-3-1-5-20(11-17)27-23(13-19-9-10-22(40(32)38)14-24(19)31)26(16-7-8-16)34-35(27)29-33-25(15-39-29)28(36)37/h1-6,9-12,14-16H,7-8,13H2,(H2,32,38)(H,36,37)/p+1. The van der Waals surface area contributed by atoms with Crippen molar-refractivity contribution in [2.45, 2.75) is 30.1 Å². The van der Waals surface area contributed by atoms with Crippen LogP contribution in [0.4, 0.5) is 8.78 Å². The molecule has 0 saturated heterocycles. The molecule has 0 spiro atoms. The fourth-order valence-corrected chi connectivity index (χ4v) is 5.96. The minimum atomic E-state index is -2.18. The van der Waals surface area contributed by atoms with Crippen molar-refractivity contribution in [3.05, 3.63) is 106 Å². The average molecular weight is 578 g/mol. The molecule has 1 fully saturated rings. The molecule has 0 bridgehead atoms. The molecule has 2 aromatic heterocycles. The number of hydrogen-bond donors (Lipinski definition) is 2. The maximum absolute atomic E-state index is 15.2. The second-order valence-electron chi connectivity index (χ2n) is 9.59. The molecule has 1 saturated carbocycles. The summed E-state index contributed by atoms with van der Waals surface area (Å²) in [4.78, 5) is 16.1. The zero-order chi connectivity index (χ0) is 28.0. The summed E-state index contributed by atoms with van der Waals surface area (Å²) in [5.74, 6) is -1.84. The lowest BCUT2D eigenvalue weighted by molar-refractivity contribution is 0.0691. The van der Waals surface area contributed by atoms with Crippen molar-refractivity contribution in [3.63, 3.8) is 0 Å². The van der Waals surface area contributed by atoms with Crippen molar-refractivity contribution in [3.8, 4) is 27.5 Å². The van der Waals surface area contributed by atoms with Crippen LogP contribution in [0.15, 0.2) is 77.0 Å². The van der Waals surface area contributed by atoms with Crippen LogP contribution in [-0.4, -0.2) is 25.8 Å². The number of nitrogens with two attached hydrogens (primary N) is 1. The van der Waals surface area contributed by atoms with Gasteiger partial charge in [-0.05, 0) is 53.8 Å². The maximum atomic E-state index is 15.2. The maximum Gasteiger partial charge on any atom is 0.355 e. The number of carbonyl (C=O) groups is 1. The van der Waals surface area contributed by atoms with E-state index in [4.69, 9.17) is 10.2 Å². The molecule has 6 rings (SSSR count). The van der Waals surface area contributed by atoms with Crippen molar-refractivity contribution in [1.82, 2.24) is 14.8 Å². The summed E-state index contributed by atoms with van der Waals surface area (Å²) in [7, 11) is -2.18. The van der Waals surface area contributed by atoms with Gasteiger partial charge in [0.05, 0.1) is 11.4 Å². The van der Waals surface area contributed by atoms with E-state index in [0.717, 1.165) is 46.6 Å². The number of rotatable bonds is 8. The van der Waals surface area contributed by atoms with E-state index < -0.39 is 22.8 Å². The molecule has 2 heterocycles. The number of thiol groups is 1. The van der Waals surface area contributed by atoms with E-state index in [9.17, 15) is 18.5 Å². The molecule has 3 N–H and O–H groups in total. The van der Waals surface area contributed by atoms with E-state index >= 15 is 4.39 Å². The fourth-order valence-electron chi connectivity index (χ4n) is 4.74. The lowest BCUT2D eigenvalue weighted by Crippen LogP contribution is -2.04. The molecule has 1 unspecified atom stereocenters. The van der Waals surface area contributed by atoms with Gasteiger partial charge in [0.1, 0.15) is 11.6 Å². The first-order chi connectivity index (χ1) is 19.3. The highest BCUT2D eigenvalue weighted by Gasteiger charge is 2.33. The molecule has 11 heteroatoms. The topological polar surface area (TPSA) is 111 Å². The van der Waals surface area contributed by atoms with Crippen LogP contribution in [0.25, 0.3) is 27.5 Å². The van der Waals surface area contributed by atoms with E-state index in [1.165, 1.54) is 23.6 Å². The third-order valence-corrected chi connectivity index (χ3v) is 8.43. The molecule has 1 aliphatic rings. The first kappa shape index (κ1) is 26.2. The molecule has 0 amide bonds. The Labute approximate surface area is 234 Å². The number of aromatic nitrogens is 3. The Morgan fingerprint density at radius 3 is 2.42 bits per heavy atom. The van der Waals surface area contributed by atoms with Gasteiger partial charge in [0, 0.05) is 34.9 Å². The molecule has 5 aromatic rings. The van der Waals surface area contributed by atoms with Crippen LogP contribution in [0.3, 0.4) is 0 Å². The summed E-state index contributed by atoms with van der Waals surface area (Å²) in [5, 5.41) is 21.7. The first-order valence-corrected chi connectivity index (χ1v) is 14.7. The molecule has 40 heavy (non-hydrogen) atoms. The molecule has 0 aliphatic heterocycles. The van der Waals surface area contributed by atoms with Crippen molar-refractivity contribution >= 4 is 28.3 Å². The molecular weight excluding hydrogens is 554 g/mol. The highest BCUT2D eigenvalue weighted by Crippen LogP contribution is 2.45. The van der Waals surface area contributed by atoms with Crippen LogP contribution in [0.2, 0.25) is 0 Å². The van der Waals surface area contributed by atoms with Crippen LogP contribution in [0.5, 0.6) is 0 Å². The number of halogens is 2. The molecule has 202 valence electrons. The number of nitrogens with zero attached hydrogens (tertiary/aromatic N) is 3. The summed E-state index contributed by atoms with van der Waals surface area (Å²) in [6.45, 7) is 0. The Bertz CT molecular complexity index is 1800. The Balaban J connectivity index is 1.55.